The molecule has 1 N–H and O–H groups in total. The van der Waals surface area contributed by atoms with Crippen molar-refractivity contribution in [2.24, 2.45) is 0 Å². The van der Waals surface area contributed by atoms with Crippen molar-refractivity contribution < 1.29 is 22.5 Å². The molecule has 0 atom stereocenters. The summed E-state index contributed by atoms with van der Waals surface area (Å²) in [6.45, 7) is 7.80. The summed E-state index contributed by atoms with van der Waals surface area (Å²) >= 11 is 8.00. The van der Waals surface area contributed by atoms with Crippen molar-refractivity contribution in [3.8, 4) is 11.7 Å². The first-order valence-corrected chi connectivity index (χ1v) is 10.9. The van der Waals surface area contributed by atoms with E-state index in [9.17, 15) is 13.2 Å². The van der Waals surface area contributed by atoms with Gasteiger partial charge in [-0.05, 0) is 45.9 Å². The number of ether oxygens (including phenoxy) is 1. The van der Waals surface area contributed by atoms with Gasteiger partial charge in [0.2, 0.25) is 0 Å². The summed E-state index contributed by atoms with van der Waals surface area (Å²) in [7, 11) is 1.62. The molecule has 2 aromatic heterocycles. The van der Waals surface area contributed by atoms with Crippen LogP contribution in [-0.2, 0) is 11.9 Å². The van der Waals surface area contributed by atoms with Crippen LogP contribution in [0.15, 0.2) is 24.4 Å². The highest BCUT2D eigenvalue weighted by Crippen LogP contribution is 2.32. The number of imidazole rings is 1. The fraction of sp³-hybridized carbons (Fsp3) is 0.429. The molecule has 0 amide bonds. The Balaban J connectivity index is 2.09. The maximum atomic E-state index is 13.1. The molecule has 3 rings (SSSR count). The fourth-order valence-electron chi connectivity index (χ4n) is 3.30. The predicted molar refractivity (Wildman–Crippen MR) is 115 cm³/mol. The van der Waals surface area contributed by atoms with Gasteiger partial charge in [0.1, 0.15) is 17.0 Å². The number of nitrogens with zero attached hydrogens (tertiary/aromatic N) is 2. The Morgan fingerprint density at radius 2 is 1.93 bits per heavy atom. The Bertz CT molecular complexity index is 1070. The van der Waals surface area contributed by atoms with E-state index in [1.54, 1.807) is 18.9 Å². The van der Waals surface area contributed by atoms with E-state index in [0.717, 1.165) is 40.5 Å². The fourth-order valence-corrected chi connectivity index (χ4v) is 4.66. The molecule has 0 spiro atoms. The Kier molecular flexibility index (Phi) is 6.30. The lowest BCUT2D eigenvalue weighted by Gasteiger charge is -2.17. The first kappa shape index (κ1) is 22.7. The summed E-state index contributed by atoms with van der Waals surface area (Å²) in [4.78, 5) is 7.22. The van der Waals surface area contributed by atoms with Crippen LogP contribution in [0, 0.1) is 13.8 Å². The Hall–Kier alpha value is -1.93. The highest BCUT2D eigenvalue weighted by atomic mass is 35.5. The largest absolute Gasteiger partial charge is 0.496 e. The number of thioether (sulfide) groups is 1. The predicted octanol–water partition coefficient (Wildman–Crippen LogP) is 5.73. The van der Waals surface area contributed by atoms with E-state index in [0.29, 0.717) is 22.7 Å². The third kappa shape index (κ3) is 4.86. The molecule has 0 bridgehead atoms. The van der Waals surface area contributed by atoms with Gasteiger partial charge in [-0.3, -0.25) is 0 Å². The summed E-state index contributed by atoms with van der Waals surface area (Å²) < 4.78 is 46.6. The van der Waals surface area contributed by atoms with Gasteiger partial charge in [0.25, 0.3) is 0 Å². The van der Waals surface area contributed by atoms with E-state index in [2.05, 4.69) is 9.97 Å². The molecule has 1 aromatic carbocycles. The lowest BCUT2D eigenvalue weighted by molar-refractivity contribution is -0.611. The summed E-state index contributed by atoms with van der Waals surface area (Å²) in [5.74, 6) is 2.62. The highest BCUT2D eigenvalue weighted by molar-refractivity contribution is 7.98. The van der Waals surface area contributed by atoms with Crippen molar-refractivity contribution in [3.05, 3.63) is 46.8 Å². The van der Waals surface area contributed by atoms with Crippen molar-refractivity contribution in [2.75, 3.05) is 12.9 Å². The van der Waals surface area contributed by atoms with Crippen LogP contribution in [0.25, 0.3) is 17.0 Å². The summed E-state index contributed by atoms with van der Waals surface area (Å²) in [5.41, 5.74) is 2.89. The minimum Gasteiger partial charge on any atom is -0.496 e. The van der Waals surface area contributed by atoms with Gasteiger partial charge in [0.05, 0.1) is 18.9 Å². The molecule has 0 aliphatic rings. The molecule has 3 aromatic rings. The first-order chi connectivity index (χ1) is 13.9. The van der Waals surface area contributed by atoms with E-state index < -0.39 is 11.7 Å². The molecule has 9 heteroatoms. The summed E-state index contributed by atoms with van der Waals surface area (Å²) in [5, 5.41) is 0. The van der Waals surface area contributed by atoms with E-state index in [-0.39, 0.29) is 4.87 Å². The number of hydrogen-bond acceptors (Lipinski definition) is 3. The number of methoxy groups -OCH3 is 1. The number of fused-ring (bicyclic) bond motifs is 1. The van der Waals surface area contributed by atoms with Gasteiger partial charge < -0.3 is 4.74 Å². The number of pyridine rings is 1. The lowest BCUT2D eigenvalue weighted by Crippen LogP contribution is -2.38. The number of H-pyrrole nitrogens is 1. The van der Waals surface area contributed by atoms with Crippen LogP contribution in [-0.4, -0.2) is 27.7 Å². The molecular formula is C21H24ClF3N3OS+. The number of nitrogens with one attached hydrogen (secondary N) is 1. The Morgan fingerprint density at radius 1 is 1.23 bits per heavy atom. The van der Waals surface area contributed by atoms with Gasteiger partial charge in [0.15, 0.2) is 5.52 Å². The SMILES string of the molecule is COc1c(C)c[n+](-c2nc3ccc(C(F)(F)F)cc3[nH]2)c(CSCC(C)(C)Cl)c1C. The Labute approximate surface area is 182 Å². The van der Waals surface area contributed by atoms with E-state index in [1.807, 2.05) is 38.5 Å². The standard InChI is InChI=1S/C21H24ClF3N3OS/c1-12-9-28(17(13(2)18(12)29-5)10-30-11-20(3,4)22)19-26-15-7-6-14(21(23,24)25)8-16(15)27-19/h6-9H,10-11H2,1-5H3,(H,26,27)/q+1. The van der Waals surface area contributed by atoms with E-state index >= 15 is 0 Å². The van der Waals surface area contributed by atoms with Crippen LogP contribution in [0.4, 0.5) is 13.2 Å². The minimum atomic E-state index is -4.41. The van der Waals surface area contributed by atoms with Crippen LogP contribution >= 0.6 is 23.4 Å². The quantitative estimate of drug-likeness (QED) is 0.378. The number of benzene rings is 1. The second-order valence-corrected chi connectivity index (χ2v) is 9.80. The van der Waals surface area contributed by atoms with Crippen LogP contribution < -0.4 is 9.30 Å². The first-order valence-electron chi connectivity index (χ1n) is 9.33. The van der Waals surface area contributed by atoms with Gasteiger partial charge >= 0.3 is 12.1 Å². The second-order valence-electron chi connectivity index (χ2n) is 7.79. The van der Waals surface area contributed by atoms with Crippen molar-refractivity contribution in [1.82, 2.24) is 9.97 Å². The van der Waals surface area contributed by atoms with Gasteiger partial charge in [-0.1, -0.05) is 4.98 Å². The highest BCUT2D eigenvalue weighted by Gasteiger charge is 2.32. The Morgan fingerprint density at radius 3 is 2.53 bits per heavy atom. The smallest absolute Gasteiger partial charge is 0.416 e. The van der Waals surface area contributed by atoms with Crippen LogP contribution in [0.1, 0.15) is 36.2 Å². The number of aromatic amines is 1. The van der Waals surface area contributed by atoms with Crippen molar-refractivity contribution in [1.29, 1.82) is 0 Å². The van der Waals surface area contributed by atoms with Crippen molar-refractivity contribution >= 4 is 34.4 Å². The number of halogens is 4. The molecule has 0 radical (unpaired) electrons. The van der Waals surface area contributed by atoms with Crippen LogP contribution in [0.3, 0.4) is 0 Å². The van der Waals surface area contributed by atoms with Crippen LogP contribution in [0.5, 0.6) is 5.75 Å². The second kappa shape index (κ2) is 8.30. The van der Waals surface area contributed by atoms with E-state index in [1.165, 1.54) is 6.07 Å². The molecule has 0 fully saturated rings. The molecule has 0 aliphatic carbocycles. The average Bonchev–Trinajstić information content (AvgIpc) is 3.05. The number of aromatic nitrogens is 3. The molecule has 30 heavy (non-hydrogen) atoms. The monoisotopic (exact) mass is 458 g/mol. The van der Waals surface area contributed by atoms with Crippen molar-refractivity contribution in [3.63, 3.8) is 0 Å². The number of alkyl halides is 4. The summed E-state index contributed by atoms with van der Waals surface area (Å²) in [6, 6.07) is 3.51. The zero-order valence-electron chi connectivity index (χ0n) is 17.4. The molecule has 4 nitrogen and oxygen atoms in total. The van der Waals surface area contributed by atoms with Crippen molar-refractivity contribution in [2.45, 2.75) is 44.5 Å². The molecule has 0 saturated carbocycles. The van der Waals surface area contributed by atoms with Gasteiger partial charge in [0, 0.05) is 27.5 Å². The molecule has 0 aliphatic heterocycles. The zero-order chi connectivity index (χ0) is 22.3. The minimum absolute atomic E-state index is 0.332. The third-order valence-electron chi connectivity index (χ3n) is 4.66. The topological polar surface area (TPSA) is 41.8 Å². The van der Waals surface area contributed by atoms with Gasteiger partial charge in [-0.15, -0.1) is 11.6 Å². The third-order valence-corrected chi connectivity index (χ3v) is 6.35. The lowest BCUT2D eigenvalue weighted by atomic mass is 10.1. The molecule has 0 saturated heterocycles. The molecule has 162 valence electrons. The van der Waals surface area contributed by atoms with E-state index in [4.69, 9.17) is 16.3 Å². The maximum Gasteiger partial charge on any atom is 0.416 e. The van der Waals surface area contributed by atoms with Crippen LogP contribution in [0.2, 0.25) is 0 Å². The molecular weight excluding hydrogens is 435 g/mol. The summed E-state index contributed by atoms with van der Waals surface area (Å²) in [6.07, 6.45) is -2.52. The average molecular weight is 459 g/mol. The maximum absolute atomic E-state index is 13.1. The molecule has 2 heterocycles. The number of rotatable bonds is 6. The number of hydrogen-bond donors (Lipinski definition) is 1. The molecule has 0 unspecified atom stereocenters. The van der Waals surface area contributed by atoms with Gasteiger partial charge in [-0.25, -0.2) is 9.55 Å². The zero-order valence-corrected chi connectivity index (χ0v) is 19.0. The van der Waals surface area contributed by atoms with Gasteiger partial charge in [-0.2, -0.15) is 24.9 Å². The number of aryl methyl sites for hydroxylation is 1. The normalized spacial score (nSPS) is 12.6.